The van der Waals surface area contributed by atoms with Gasteiger partial charge >= 0.3 is 0 Å². The highest BCUT2D eigenvalue weighted by molar-refractivity contribution is 6.12. The average molecular weight is 304 g/mol. The van der Waals surface area contributed by atoms with E-state index in [1.165, 1.54) is 33.7 Å². The summed E-state index contributed by atoms with van der Waals surface area (Å²) in [5.41, 5.74) is 8.77. The molecule has 1 atom stereocenters. The molecule has 4 rings (SSSR count). The molecule has 0 bridgehead atoms. The lowest BCUT2D eigenvalue weighted by Gasteiger charge is -2.44. The molecular formula is C21H24N2. The molecule has 0 amide bonds. The fraction of sp³-hybridized carbons (Fsp3) is 0.381. The molecule has 0 spiro atoms. The van der Waals surface area contributed by atoms with Crippen LogP contribution in [0.4, 0.5) is 11.4 Å². The van der Waals surface area contributed by atoms with Crippen molar-refractivity contribution in [2.24, 2.45) is 4.99 Å². The number of benzene rings is 2. The predicted octanol–water partition coefficient (Wildman–Crippen LogP) is 5.03. The topological polar surface area (TPSA) is 15.6 Å². The molecule has 1 aliphatic carbocycles. The van der Waals surface area contributed by atoms with Crippen LogP contribution in [-0.2, 0) is 11.0 Å². The summed E-state index contributed by atoms with van der Waals surface area (Å²) in [6, 6.07) is 13.3. The molecule has 0 fully saturated rings. The second kappa shape index (κ2) is 4.25. The highest BCUT2D eigenvalue weighted by atomic mass is 15.2. The molecule has 1 unspecified atom stereocenters. The first kappa shape index (κ1) is 14.5. The lowest BCUT2D eigenvalue weighted by atomic mass is 9.80. The Labute approximate surface area is 138 Å². The molecule has 0 saturated heterocycles. The van der Waals surface area contributed by atoms with Crippen molar-refractivity contribution in [1.29, 1.82) is 0 Å². The summed E-state index contributed by atoms with van der Waals surface area (Å²) >= 11 is 0. The van der Waals surface area contributed by atoms with Crippen LogP contribution in [0.2, 0.25) is 0 Å². The molecule has 0 aromatic heterocycles. The van der Waals surface area contributed by atoms with Crippen molar-refractivity contribution in [3.05, 3.63) is 58.7 Å². The maximum absolute atomic E-state index is 5.17. The number of nitrogens with zero attached hydrogens (tertiary/aromatic N) is 2. The number of rotatable bonds is 0. The highest BCUT2D eigenvalue weighted by Crippen LogP contribution is 2.54. The molecule has 1 heterocycles. The molecule has 2 aliphatic rings. The third kappa shape index (κ3) is 1.61. The van der Waals surface area contributed by atoms with E-state index in [0.717, 1.165) is 5.69 Å². The van der Waals surface area contributed by atoms with Crippen LogP contribution in [0.5, 0.6) is 0 Å². The molecule has 2 heteroatoms. The first-order valence-corrected chi connectivity index (χ1v) is 8.32. The summed E-state index contributed by atoms with van der Waals surface area (Å²) in [6.45, 7) is 11.3. The quantitative estimate of drug-likeness (QED) is 0.666. The predicted molar refractivity (Wildman–Crippen MR) is 98.2 cm³/mol. The van der Waals surface area contributed by atoms with Gasteiger partial charge in [-0.3, -0.25) is 4.99 Å². The molecule has 23 heavy (non-hydrogen) atoms. The molecule has 2 nitrogen and oxygen atoms in total. The van der Waals surface area contributed by atoms with Gasteiger partial charge in [-0.1, -0.05) is 38.1 Å². The monoisotopic (exact) mass is 304 g/mol. The fourth-order valence-corrected chi connectivity index (χ4v) is 4.41. The van der Waals surface area contributed by atoms with Gasteiger partial charge in [0.05, 0.1) is 17.1 Å². The summed E-state index contributed by atoms with van der Waals surface area (Å²) in [5.74, 6) is 0. The van der Waals surface area contributed by atoms with Crippen molar-refractivity contribution in [2.75, 3.05) is 11.9 Å². The Morgan fingerprint density at radius 1 is 0.913 bits per heavy atom. The molecule has 0 saturated carbocycles. The minimum Gasteiger partial charge on any atom is -0.358 e. The minimum absolute atomic E-state index is 0.0456. The van der Waals surface area contributed by atoms with Crippen molar-refractivity contribution < 1.29 is 0 Å². The minimum atomic E-state index is -0.172. The van der Waals surface area contributed by atoms with Crippen molar-refractivity contribution in [1.82, 2.24) is 0 Å². The summed E-state index contributed by atoms with van der Waals surface area (Å²) < 4.78 is 0. The van der Waals surface area contributed by atoms with Crippen LogP contribution in [0.1, 0.15) is 43.0 Å². The zero-order chi connectivity index (χ0) is 16.6. The Morgan fingerprint density at radius 3 is 2.22 bits per heavy atom. The lowest BCUT2D eigenvalue weighted by molar-refractivity contribution is 0.604. The zero-order valence-electron chi connectivity index (χ0n) is 14.9. The number of hydrogen-bond acceptors (Lipinski definition) is 2. The number of anilines is 1. The van der Waals surface area contributed by atoms with Gasteiger partial charge in [-0.2, -0.15) is 0 Å². The van der Waals surface area contributed by atoms with Crippen molar-refractivity contribution in [3.8, 4) is 0 Å². The standard InChI is InChI=1S/C21H24N2/c1-13-11-17-18(12-14(13)2)23(6)21(5)16-10-8-7-9-15(16)20(3,4)19(21)22-17/h7-12H,1-6H3. The molecule has 118 valence electrons. The number of fused-ring (bicyclic) bond motifs is 4. The zero-order valence-corrected chi connectivity index (χ0v) is 14.9. The molecule has 2 aromatic carbocycles. The molecular weight excluding hydrogens is 280 g/mol. The van der Waals surface area contributed by atoms with Gasteiger partial charge in [0.25, 0.3) is 0 Å². The normalized spacial score (nSPS) is 23.9. The van der Waals surface area contributed by atoms with Gasteiger partial charge in [0.15, 0.2) is 0 Å². The third-order valence-electron chi connectivity index (χ3n) is 6.03. The van der Waals surface area contributed by atoms with E-state index in [0.29, 0.717) is 0 Å². The maximum Gasteiger partial charge on any atom is 0.102 e. The van der Waals surface area contributed by atoms with Gasteiger partial charge in [0, 0.05) is 12.5 Å². The summed E-state index contributed by atoms with van der Waals surface area (Å²) in [5, 5.41) is 0. The molecule has 0 N–H and O–H groups in total. The van der Waals surface area contributed by atoms with Gasteiger partial charge in [0.2, 0.25) is 0 Å². The second-order valence-electron chi connectivity index (χ2n) is 7.69. The van der Waals surface area contributed by atoms with Gasteiger partial charge in [-0.25, -0.2) is 0 Å². The van der Waals surface area contributed by atoms with Crippen molar-refractivity contribution >= 4 is 17.1 Å². The molecule has 2 aromatic rings. The average Bonchev–Trinajstić information content (AvgIpc) is 2.69. The SMILES string of the molecule is Cc1cc2c(cc1C)N(C)C1(C)C(=N2)C(C)(C)c2ccccc21. The van der Waals surface area contributed by atoms with E-state index in [2.05, 4.69) is 83.0 Å². The Morgan fingerprint density at radius 2 is 1.52 bits per heavy atom. The van der Waals surface area contributed by atoms with E-state index in [4.69, 9.17) is 4.99 Å². The Balaban J connectivity index is 2.07. The van der Waals surface area contributed by atoms with E-state index < -0.39 is 0 Å². The van der Waals surface area contributed by atoms with Gasteiger partial charge in [-0.05, 0) is 55.2 Å². The van der Waals surface area contributed by atoms with E-state index in [-0.39, 0.29) is 11.0 Å². The fourth-order valence-electron chi connectivity index (χ4n) is 4.41. The number of aryl methyl sites for hydroxylation is 2. The van der Waals surface area contributed by atoms with Crippen LogP contribution in [0.3, 0.4) is 0 Å². The third-order valence-corrected chi connectivity index (χ3v) is 6.03. The van der Waals surface area contributed by atoms with Gasteiger partial charge in [0.1, 0.15) is 5.54 Å². The van der Waals surface area contributed by atoms with E-state index >= 15 is 0 Å². The summed E-state index contributed by atoms with van der Waals surface area (Å²) in [7, 11) is 2.21. The van der Waals surface area contributed by atoms with Gasteiger partial charge in [-0.15, -0.1) is 0 Å². The van der Waals surface area contributed by atoms with Crippen LogP contribution >= 0.6 is 0 Å². The van der Waals surface area contributed by atoms with Gasteiger partial charge < -0.3 is 4.90 Å². The molecule has 1 aliphatic heterocycles. The van der Waals surface area contributed by atoms with E-state index in [9.17, 15) is 0 Å². The first-order chi connectivity index (χ1) is 10.8. The van der Waals surface area contributed by atoms with Crippen LogP contribution in [0.25, 0.3) is 0 Å². The Hall–Kier alpha value is -2.09. The summed E-state index contributed by atoms with van der Waals surface area (Å²) in [6.07, 6.45) is 0. The Kier molecular flexibility index (Phi) is 2.68. The number of aliphatic imine (C=N–C) groups is 1. The van der Waals surface area contributed by atoms with Crippen molar-refractivity contribution in [3.63, 3.8) is 0 Å². The van der Waals surface area contributed by atoms with Crippen LogP contribution in [-0.4, -0.2) is 12.8 Å². The smallest absolute Gasteiger partial charge is 0.102 e. The van der Waals surface area contributed by atoms with Crippen LogP contribution < -0.4 is 4.90 Å². The van der Waals surface area contributed by atoms with Crippen LogP contribution in [0.15, 0.2) is 41.4 Å². The highest BCUT2D eigenvalue weighted by Gasteiger charge is 2.54. The lowest BCUT2D eigenvalue weighted by Crippen LogP contribution is -2.50. The van der Waals surface area contributed by atoms with E-state index in [1.54, 1.807) is 0 Å². The van der Waals surface area contributed by atoms with E-state index in [1.807, 2.05) is 0 Å². The summed E-state index contributed by atoms with van der Waals surface area (Å²) in [4.78, 5) is 7.60. The Bertz CT molecular complexity index is 860. The maximum atomic E-state index is 5.17. The van der Waals surface area contributed by atoms with Crippen molar-refractivity contribution in [2.45, 2.75) is 45.6 Å². The number of hydrogen-bond donors (Lipinski definition) is 0. The first-order valence-electron chi connectivity index (χ1n) is 8.32. The van der Waals surface area contributed by atoms with Crippen LogP contribution in [0, 0.1) is 13.8 Å². The largest absolute Gasteiger partial charge is 0.358 e. The second-order valence-corrected chi connectivity index (χ2v) is 7.69. The molecule has 0 radical (unpaired) electrons.